The summed E-state index contributed by atoms with van der Waals surface area (Å²) < 4.78 is 37.2. The van der Waals surface area contributed by atoms with Crippen LogP contribution in [0.4, 0.5) is 14.5 Å². The molecular formula is C27H19F2N5O6. The topological polar surface area (TPSA) is 137 Å². The highest BCUT2D eigenvalue weighted by atomic mass is 19.1. The molecule has 2 N–H and O–H groups in total. The number of amides is 1. The standard InChI is InChI=1S/C27H19F2N5O6/c1-2-32-14-19(25(36)34(27(32)39)18-6-3-16(28)4-7-18)24(35)31-17-5-8-22(20(29)12-17)40-23-11-15(26(37)38)13-33-21(23)9-10-30-33/h3-14H,2H2,1H3,(H,31,35)(H,37,38). The van der Waals surface area contributed by atoms with Crippen molar-refractivity contribution in [3.8, 4) is 17.2 Å². The number of aryl methyl sites for hydroxylation is 1. The monoisotopic (exact) mass is 547 g/mol. The largest absolute Gasteiger partial charge is 0.478 e. The number of rotatable bonds is 7. The second-order valence-corrected chi connectivity index (χ2v) is 8.49. The number of ether oxygens (including phenoxy) is 1. The van der Waals surface area contributed by atoms with Gasteiger partial charge in [-0.1, -0.05) is 0 Å². The van der Waals surface area contributed by atoms with Gasteiger partial charge in [-0.2, -0.15) is 5.10 Å². The van der Waals surface area contributed by atoms with Crippen LogP contribution in [0, 0.1) is 11.6 Å². The first-order valence-electron chi connectivity index (χ1n) is 11.8. The molecule has 0 fully saturated rings. The summed E-state index contributed by atoms with van der Waals surface area (Å²) in [5.74, 6) is -3.82. The fraction of sp³-hybridized carbons (Fsp3) is 0.0741. The van der Waals surface area contributed by atoms with Crippen molar-refractivity contribution >= 4 is 23.1 Å². The normalized spacial score (nSPS) is 11.0. The van der Waals surface area contributed by atoms with Gasteiger partial charge in [-0.05, 0) is 55.5 Å². The van der Waals surface area contributed by atoms with Gasteiger partial charge in [-0.3, -0.25) is 14.2 Å². The number of hydrogen-bond acceptors (Lipinski definition) is 6. The number of fused-ring (bicyclic) bond motifs is 1. The minimum absolute atomic E-state index is 0.0226. The van der Waals surface area contributed by atoms with Gasteiger partial charge in [-0.15, -0.1) is 0 Å². The van der Waals surface area contributed by atoms with Gasteiger partial charge >= 0.3 is 11.7 Å². The zero-order chi connectivity index (χ0) is 28.6. The molecule has 0 aliphatic rings. The lowest BCUT2D eigenvalue weighted by atomic mass is 10.2. The first kappa shape index (κ1) is 26.0. The molecule has 202 valence electrons. The SMILES string of the molecule is CCn1cc(C(=O)Nc2ccc(Oc3cc(C(=O)O)cn4nccc34)c(F)c2)c(=O)n(-c2ccc(F)cc2)c1=O. The fourth-order valence-corrected chi connectivity index (χ4v) is 3.98. The van der Waals surface area contributed by atoms with Crippen LogP contribution in [0.3, 0.4) is 0 Å². The van der Waals surface area contributed by atoms with Crippen molar-refractivity contribution in [2.24, 2.45) is 0 Å². The van der Waals surface area contributed by atoms with Crippen molar-refractivity contribution in [2.45, 2.75) is 13.5 Å². The van der Waals surface area contributed by atoms with Crippen LogP contribution in [0.25, 0.3) is 11.2 Å². The Labute approximate surface area is 223 Å². The van der Waals surface area contributed by atoms with E-state index < -0.39 is 40.3 Å². The highest BCUT2D eigenvalue weighted by molar-refractivity contribution is 6.03. The minimum Gasteiger partial charge on any atom is -0.478 e. The maximum absolute atomic E-state index is 15.0. The van der Waals surface area contributed by atoms with Gasteiger partial charge in [0.25, 0.3) is 11.5 Å². The number of halogens is 2. The predicted octanol–water partition coefficient (Wildman–Crippen LogP) is 3.69. The molecule has 2 aromatic carbocycles. The Hall–Kier alpha value is -5.59. The molecule has 11 nitrogen and oxygen atoms in total. The molecule has 3 aromatic heterocycles. The lowest BCUT2D eigenvalue weighted by molar-refractivity contribution is 0.0695. The quantitative estimate of drug-likeness (QED) is 0.317. The highest BCUT2D eigenvalue weighted by Gasteiger charge is 2.20. The molecule has 3 heterocycles. The molecule has 13 heteroatoms. The summed E-state index contributed by atoms with van der Waals surface area (Å²) in [6.45, 7) is 1.77. The second kappa shape index (κ2) is 10.3. The van der Waals surface area contributed by atoms with Crippen LogP contribution in [0.2, 0.25) is 0 Å². The van der Waals surface area contributed by atoms with Crippen molar-refractivity contribution < 1.29 is 28.2 Å². The van der Waals surface area contributed by atoms with Crippen LogP contribution in [0.15, 0.2) is 82.8 Å². The number of pyridine rings is 1. The van der Waals surface area contributed by atoms with E-state index in [9.17, 15) is 33.1 Å². The van der Waals surface area contributed by atoms with E-state index in [0.29, 0.717) is 5.52 Å². The first-order valence-corrected chi connectivity index (χ1v) is 11.8. The van der Waals surface area contributed by atoms with Crippen molar-refractivity contribution in [3.63, 3.8) is 0 Å². The van der Waals surface area contributed by atoms with Crippen LogP contribution in [-0.4, -0.2) is 35.7 Å². The minimum atomic E-state index is -1.23. The summed E-state index contributed by atoms with van der Waals surface area (Å²) >= 11 is 0. The van der Waals surface area contributed by atoms with E-state index in [1.54, 1.807) is 13.0 Å². The average Bonchev–Trinajstić information content (AvgIpc) is 3.40. The molecule has 40 heavy (non-hydrogen) atoms. The Morgan fingerprint density at radius 3 is 2.42 bits per heavy atom. The summed E-state index contributed by atoms with van der Waals surface area (Å²) in [5, 5.41) is 15.7. The second-order valence-electron chi connectivity index (χ2n) is 8.49. The Kier molecular flexibility index (Phi) is 6.69. The number of carbonyl (C=O) groups excluding carboxylic acids is 1. The Morgan fingerprint density at radius 1 is 1.00 bits per heavy atom. The van der Waals surface area contributed by atoms with Gasteiger partial charge in [0.2, 0.25) is 0 Å². The number of carboxylic acids is 1. The number of hydrogen-bond donors (Lipinski definition) is 2. The lowest BCUT2D eigenvalue weighted by Gasteiger charge is -2.13. The number of aromatic nitrogens is 4. The molecular weight excluding hydrogens is 528 g/mol. The number of nitrogens with one attached hydrogen (secondary N) is 1. The van der Waals surface area contributed by atoms with Crippen molar-refractivity contribution in [1.82, 2.24) is 18.7 Å². The third-order valence-corrected chi connectivity index (χ3v) is 5.95. The molecule has 0 saturated carbocycles. The summed E-state index contributed by atoms with van der Waals surface area (Å²) in [5.41, 5.74) is -1.75. The zero-order valence-corrected chi connectivity index (χ0v) is 20.7. The van der Waals surface area contributed by atoms with E-state index in [1.165, 1.54) is 47.2 Å². The highest BCUT2D eigenvalue weighted by Crippen LogP contribution is 2.30. The van der Waals surface area contributed by atoms with E-state index in [2.05, 4.69) is 10.4 Å². The fourth-order valence-electron chi connectivity index (χ4n) is 3.98. The molecule has 1 amide bonds. The van der Waals surface area contributed by atoms with Crippen molar-refractivity contribution in [3.05, 3.63) is 117 Å². The van der Waals surface area contributed by atoms with Gasteiger partial charge in [0.15, 0.2) is 17.3 Å². The van der Waals surface area contributed by atoms with Crippen molar-refractivity contribution in [2.75, 3.05) is 5.32 Å². The van der Waals surface area contributed by atoms with Gasteiger partial charge in [0.1, 0.15) is 16.9 Å². The van der Waals surface area contributed by atoms with E-state index >= 15 is 0 Å². The van der Waals surface area contributed by atoms with E-state index in [1.807, 2.05) is 0 Å². The Balaban J connectivity index is 1.45. The van der Waals surface area contributed by atoms with Gasteiger partial charge in [0.05, 0.1) is 17.4 Å². The molecule has 0 saturated heterocycles. The Bertz CT molecular complexity index is 1910. The maximum Gasteiger partial charge on any atom is 0.337 e. The average molecular weight is 547 g/mol. The third kappa shape index (κ3) is 4.82. The predicted molar refractivity (Wildman–Crippen MR) is 139 cm³/mol. The molecule has 0 spiro atoms. The maximum atomic E-state index is 15.0. The van der Waals surface area contributed by atoms with Crippen LogP contribution < -0.4 is 21.3 Å². The third-order valence-electron chi connectivity index (χ3n) is 5.95. The molecule has 0 aliphatic carbocycles. The van der Waals surface area contributed by atoms with E-state index in [0.717, 1.165) is 33.5 Å². The van der Waals surface area contributed by atoms with Crippen molar-refractivity contribution in [1.29, 1.82) is 0 Å². The van der Waals surface area contributed by atoms with Crippen LogP contribution >= 0.6 is 0 Å². The van der Waals surface area contributed by atoms with E-state index in [4.69, 9.17) is 4.74 Å². The summed E-state index contributed by atoms with van der Waals surface area (Å²) in [6, 6.07) is 10.9. The van der Waals surface area contributed by atoms with Crippen LogP contribution in [0.1, 0.15) is 27.6 Å². The van der Waals surface area contributed by atoms with Crippen LogP contribution in [0.5, 0.6) is 11.5 Å². The summed E-state index contributed by atoms with van der Waals surface area (Å²) in [7, 11) is 0. The van der Waals surface area contributed by atoms with Gasteiger partial charge in [-0.25, -0.2) is 27.5 Å². The number of carbonyl (C=O) groups is 2. The number of nitrogens with zero attached hydrogens (tertiary/aromatic N) is 4. The first-order chi connectivity index (χ1) is 19.2. The number of carboxylic acid groups (broad SMARTS) is 1. The molecule has 0 bridgehead atoms. The number of benzene rings is 2. The summed E-state index contributed by atoms with van der Waals surface area (Å²) in [4.78, 5) is 50.4. The van der Waals surface area contributed by atoms with E-state index in [-0.39, 0.29) is 35.0 Å². The zero-order valence-electron chi connectivity index (χ0n) is 20.7. The number of aromatic carboxylic acids is 1. The van der Waals surface area contributed by atoms with Gasteiger partial charge < -0.3 is 15.2 Å². The molecule has 0 unspecified atom stereocenters. The number of anilines is 1. The van der Waals surface area contributed by atoms with Crippen LogP contribution in [-0.2, 0) is 6.54 Å². The Morgan fingerprint density at radius 2 is 1.75 bits per heavy atom. The molecule has 0 radical (unpaired) electrons. The summed E-state index contributed by atoms with van der Waals surface area (Å²) in [6.07, 6.45) is 3.81. The van der Waals surface area contributed by atoms with Gasteiger partial charge in [0, 0.05) is 30.7 Å². The molecule has 0 atom stereocenters. The molecule has 0 aliphatic heterocycles. The molecule has 5 rings (SSSR count). The smallest absolute Gasteiger partial charge is 0.337 e. The lowest BCUT2D eigenvalue weighted by Crippen LogP contribution is -2.42. The molecule has 5 aromatic rings.